The monoisotopic (exact) mass is 793 g/mol. The summed E-state index contributed by atoms with van der Waals surface area (Å²) >= 11 is 20.4. The van der Waals surface area contributed by atoms with Crippen LogP contribution in [0.1, 0.15) is 54.0 Å². The van der Waals surface area contributed by atoms with Crippen molar-refractivity contribution >= 4 is 58.2 Å². The summed E-state index contributed by atoms with van der Waals surface area (Å²) in [5.74, 6) is 0.368. The van der Waals surface area contributed by atoms with Gasteiger partial charge in [0.1, 0.15) is 23.7 Å². The van der Waals surface area contributed by atoms with Gasteiger partial charge in [0.2, 0.25) is 17.7 Å². The number of ether oxygens (including phenoxy) is 2. The van der Waals surface area contributed by atoms with E-state index in [4.69, 9.17) is 44.3 Å². The summed E-state index contributed by atoms with van der Waals surface area (Å²) in [6.45, 7) is 7.54. The Bertz CT molecular complexity index is 2020. The first kappa shape index (κ1) is 39.2. The van der Waals surface area contributed by atoms with Crippen LogP contribution in [0.25, 0.3) is 11.1 Å². The Kier molecular flexibility index (Phi) is 12.9. The van der Waals surface area contributed by atoms with E-state index in [1.165, 1.54) is 13.8 Å². The van der Waals surface area contributed by atoms with Gasteiger partial charge in [0.05, 0.1) is 27.9 Å². The third-order valence-electron chi connectivity index (χ3n) is 9.36. The van der Waals surface area contributed by atoms with E-state index in [9.17, 15) is 14.4 Å². The van der Waals surface area contributed by atoms with Crippen molar-refractivity contribution in [1.82, 2.24) is 30.4 Å². The van der Waals surface area contributed by atoms with Crippen LogP contribution in [-0.2, 0) is 29.3 Å². The molecule has 15 heteroatoms. The summed E-state index contributed by atoms with van der Waals surface area (Å²) in [6, 6.07) is 16.3. The second-order valence-corrected chi connectivity index (χ2v) is 14.7. The number of halogens is 3. The average Bonchev–Trinajstić information content (AvgIpc) is 3.77. The molecule has 0 aliphatic carbocycles. The highest BCUT2D eigenvalue weighted by Crippen LogP contribution is 2.41. The van der Waals surface area contributed by atoms with Gasteiger partial charge in [0.15, 0.2) is 0 Å². The number of aromatic nitrogens is 2. The van der Waals surface area contributed by atoms with Crippen LogP contribution in [0, 0.1) is 0 Å². The second-order valence-electron chi connectivity index (χ2n) is 13.5. The van der Waals surface area contributed by atoms with E-state index < -0.39 is 5.91 Å². The number of methoxy groups -OCH3 is 1. The molecule has 0 bridgehead atoms. The highest BCUT2D eigenvalue weighted by atomic mass is 35.5. The van der Waals surface area contributed by atoms with Crippen LogP contribution in [-0.4, -0.2) is 82.9 Å². The molecule has 0 saturated carbocycles. The highest BCUT2D eigenvalue weighted by Gasteiger charge is 2.26. The number of benzene rings is 2. The zero-order valence-electron chi connectivity index (χ0n) is 30.3. The van der Waals surface area contributed by atoms with Crippen LogP contribution < -0.4 is 25.4 Å². The van der Waals surface area contributed by atoms with Crippen LogP contribution in [0.2, 0.25) is 15.1 Å². The second kappa shape index (κ2) is 17.8. The van der Waals surface area contributed by atoms with Gasteiger partial charge in [0, 0.05) is 88.1 Å². The predicted molar refractivity (Wildman–Crippen MR) is 209 cm³/mol. The molecule has 2 aliphatic heterocycles. The third-order valence-corrected chi connectivity index (χ3v) is 10.5. The number of hydrogen-bond acceptors (Lipinski definition) is 9. The smallest absolute Gasteiger partial charge is 0.274 e. The molecule has 6 rings (SSSR count). The van der Waals surface area contributed by atoms with Crippen LogP contribution in [0.4, 0.5) is 5.69 Å². The Morgan fingerprint density at radius 3 is 2.13 bits per heavy atom. The van der Waals surface area contributed by atoms with Crippen molar-refractivity contribution in [3.63, 3.8) is 0 Å². The Morgan fingerprint density at radius 2 is 1.50 bits per heavy atom. The van der Waals surface area contributed by atoms with Gasteiger partial charge in [-0.2, -0.15) is 0 Å². The number of pyridine rings is 2. The van der Waals surface area contributed by atoms with Crippen molar-refractivity contribution < 1.29 is 23.9 Å². The minimum absolute atomic E-state index is 0.0247. The van der Waals surface area contributed by atoms with Crippen LogP contribution in [0.3, 0.4) is 0 Å². The first-order chi connectivity index (χ1) is 26.0. The first-order valence-electron chi connectivity index (χ1n) is 17.6. The summed E-state index contributed by atoms with van der Waals surface area (Å²) in [6.07, 6.45) is 3.46. The van der Waals surface area contributed by atoms with Gasteiger partial charge in [-0.15, -0.1) is 0 Å². The van der Waals surface area contributed by atoms with E-state index in [0.717, 1.165) is 50.1 Å². The summed E-state index contributed by atoms with van der Waals surface area (Å²) in [7, 11) is 1.56. The van der Waals surface area contributed by atoms with E-state index >= 15 is 0 Å². The molecule has 284 valence electrons. The van der Waals surface area contributed by atoms with Crippen LogP contribution in [0.15, 0.2) is 60.8 Å². The maximum Gasteiger partial charge on any atom is 0.274 e. The average molecular weight is 795 g/mol. The van der Waals surface area contributed by atoms with Gasteiger partial charge in [-0.3, -0.25) is 29.2 Å². The fraction of sp³-hybridized carbons (Fsp3) is 0.359. The van der Waals surface area contributed by atoms with Crippen molar-refractivity contribution in [1.29, 1.82) is 0 Å². The highest BCUT2D eigenvalue weighted by molar-refractivity contribution is 6.39. The molecule has 2 aromatic carbocycles. The fourth-order valence-corrected chi connectivity index (χ4v) is 7.64. The molecule has 0 spiro atoms. The van der Waals surface area contributed by atoms with E-state index in [1.807, 2.05) is 24.3 Å². The molecular weight excluding hydrogens is 753 g/mol. The van der Waals surface area contributed by atoms with Crippen molar-refractivity contribution in [2.75, 3.05) is 38.6 Å². The Labute approximate surface area is 329 Å². The molecule has 3 amide bonds. The molecular formula is C39H42Cl3N7O5. The van der Waals surface area contributed by atoms with Gasteiger partial charge in [-0.1, -0.05) is 65.1 Å². The lowest BCUT2D eigenvalue weighted by atomic mass is 10.0. The number of carbonyl (C=O) groups is 3. The number of likely N-dealkylation sites (tertiary alicyclic amines) is 2. The zero-order chi connectivity index (χ0) is 38.4. The number of hydrogen-bond donors (Lipinski definition) is 3. The lowest BCUT2D eigenvalue weighted by Gasteiger charge is -2.19. The Morgan fingerprint density at radius 1 is 0.852 bits per heavy atom. The van der Waals surface area contributed by atoms with Gasteiger partial charge in [-0.05, 0) is 42.7 Å². The number of amides is 3. The minimum atomic E-state index is -0.406. The molecule has 4 heterocycles. The topological polar surface area (TPSA) is 138 Å². The molecule has 0 unspecified atom stereocenters. The Hall–Kier alpha value is -4.46. The summed E-state index contributed by atoms with van der Waals surface area (Å²) < 4.78 is 11.7. The minimum Gasteiger partial charge on any atom is -0.486 e. The predicted octanol–water partition coefficient (Wildman–Crippen LogP) is 6.36. The molecule has 2 aromatic heterocycles. The molecule has 4 aromatic rings. The Balaban J connectivity index is 1.09. The summed E-state index contributed by atoms with van der Waals surface area (Å²) in [5, 5.41) is 9.87. The number of anilines is 1. The lowest BCUT2D eigenvalue weighted by Crippen LogP contribution is -2.35. The molecule has 2 aliphatic rings. The molecule has 2 fully saturated rings. The molecule has 2 saturated heterocycles. The van der Waals surface area contributed by atoms with E-state index in [2.05, 4.69) is 35.7 Å². The quantitative estimate of drug-likeness (QED) is 0.141. The summed E-state index contributed by atoms with van der Waals surface area (Å²) in [5.41, 5.74) is 4.13. The van der Waals surface area contributed by atoms with Gasteiger partial charge in [-0.25, -0.2) is 4.98 Å². The number of nitrogens with zero attached hydrogens (tertiary/aromatic N) is 4. The molecule has 54 heavy (non-hydrogen) atoms. The largest absolute Gasteiger partial charge is 0.486 e. The van der Waals surface area contributed by atoms with Gasteiger partial charge in [0.25, 0.3) is 5.91 Å². The van der Waals surface area contributed by atoms with Crippen LogP contribution >= 0.6 is 34.8 Å². The molecule has 3 N–H and O–H groups in total. The normalized spacial score (nSPS) is 17.3. The lowest BCUT2D eigenvalue weighted by molar-refractivity contribution is -0.120. The van der Waals surface area contributed by atoms with E-state index in [-0.39, 0.29) is 36.2 Å². The fourth-order valence-electron chi connectivity index (χ4n) is 6.85. The number of rotatable bonds is 13. The number of carbonyl (C=O) groups excluding carboxylic acids is 3. The standard InChI is InChI=1S/C39H42Cl3N7O5/c1-23(50)44-27-12-14-48(20-27)18-25-10-11-33(43-17-25)38(52)46-32-8-4-6-29(36(32)41)30-7-5-9-35(37(30)42)54-22-34-31(40)16-26(39(47-34)53-3)19-49-15-13-28(21-49)45-24(2)51/h4-11,16-17,27-28H,12-15,18-22H2,1-3H3,(H,44,50)(H,45,51)(H,46,52)/t27-,28-/m1/s1. The van der Waals surface area contributed by atoms with Crippen molar-refractivity contribution in [3.8, 4) is 22.8 Å². The molecule has 12 nitrogen and oxygen atoms in total. The number of nitrogens with one attached hydrogen (secondary N) is 3. The van der Waals surface area contributed by atoms with Gasteiger partial charge < -0.3 is 25.4 Å². The van der Waals surface area contributed by atoms with Crippen molar-refractivity contribution in [3.05, 3.63) is 98.4 Å². The van der Waals surface area contributed by atoms with E-state index in [0.29, 0.717) is 62.3 Å². The molecule has 0 radical (unpaired) electrons. The maximum atomic E-state index is 13.2. The SMILES string of the molecule is COc1nc(COc2cccc(-c3cccc(NC(=O)c4ccc(CN5CC[C@@H](NC(C)=O)C5)cn4)c3Cl)c2Cl)c(Cl)cc1CN1CC[C@@H](NC(C)=O)C1. The van der Waals surface area contributed by atoms with Crippen LogP contribution in [0.5, 0.6) is 11.6 Å². The first-order valence-corrected chi connectivity index (χ1v) is 18.8. The van der Waals surface area contributed by atoms with Gasteiger partial charge >= 0.3 is 0 Å². The third kappa shape index (κ3) is 9.79. The van der Waals surface area contributed by atoms with Crippen molar-refractivity contribution in [2.45, 2.75) is 58.5 Å². The zero-order valence-corrected chi connectivity index (χ0v) is 32.5. The van der Waals surface area contributed by atoms with E-state index in [1.54, 1.807) is 43.6 Å². The maximum absolute atomic E-state index is 13.2. The summed E-state index contributed by atoms with van der Waals surface area (Å²) in [4.78, 5) is 49.6. The van der Waals surface area contributed by atoms with Crippen molar-refractivity contribution in [2.24, 2.45) is 0 Å². The molecule has 2 atom stereocenters.